The number of nitriles is 1. The molecule has 0 aliphatic rings. The molecule has 0 aliphatic carbocycles. The topological polar surface area (TPSA) is 77.2 Å². The molecule has 0 radical (unpaired) electrons. The average Bonchev–Trinajstić information content (AvgIpc) is 3.95. The Bertz CT molecular complexity index is 3420. The number of para-hydroxylation sites is 6. The molecule has 0 bridgehead atoms. The second-order valence-electron chi connectivity index (χ2n) is 14.8. The molecule has 7 nitrogen and oxygen atoms in total. The van der Waals surface area contributed by atoms with E-state index >= 15 is 0 Å². The zero-order valence-electron chi connectivity index (χ0n) is 31.5. The van der Waals surface area contributed by atoms with Crippen molar-refractivity contribution in [1.82, 2.24) is 28.7 Å². The van der Waals surface area contributed by atoms with E-state index in [2.05, 4.69) is 184 Å². The van der Waals surface area contributed by atoms with Crippen molar-refractivity contribution in [2.45, 2.75) is 0 Å². The van der Waals surface area contributed by atoms with Gasteiger partial charge in [-0.05, 0) is 71.8 Å². The van der Waals surface area contributed by atoms with E-state index < -0.39 is 0 Å². The first-order valence-corrected chi connectivity index (χ1v) is 19.6. The lowest BCUT2D eigenvalue weighted by atomic mass is 9.99. The second kappa shape index (κ2) is 12.8. The Balaban J connectivity index is 1.23. The third kappa shape index (κ3) is 4.97. The standard InChI is InChI=1S/C52H31N7/c53-32-33-14-13-15-34(30-33)35-28-29-49(57-43-22-7-1-16-36(43)37-17-2-8-23-44(37)57)42(31-35)50-54-51(58-45-24-9-3-18-38(45)39-19-4-10-25-46(39)58)56-52(55-50)59-47-26-11-5-20-40(47)41-21-6-12-27-48(41)59/h1-31H. The van der Waals surface area contributed by atoms with Gasteiger partial charge in [0.25, 0.3) is 0 Å². The van der Waals surface area contributed by atoms with Gasteiger partial charge in [-0.1, -0.05) is 127 Å². The molecular weight excluding hydrogens is 723 g/mol. The third-order valence-corrected chi connectivity index (χ3v) is 11.6. The van der Waals surface area contributed by atoms with Gasteiger partial charge in [-0.2, -0.15) is 20.2 Å². The predicted octanol–water partition coefficient (Wildman–Crippen LogP) is 12.4. The molecule has 12 rings (SSSR count). The van der Waals surface area contributed by atoms with Crippen molar-refractivity contribution in [1.29, 1.82) is 5.26 Å². The van der Waals surface area contributed by atoms with Crippen molar-refractivity contribution in [3.63, 3.8) is 0 Å². The Morgan fingerprint density at radius 3 is 1.17 bits per heavy atom. The van der Waals surface area contributed by atoms with Gasteiger partial charge in [-0.3, -0.25) is 9.13 Å². The van der Waals surface area contributed by atoms with E-state index in [1.165, 1.54) is 0 Å². The van der Waals surface area contributed by atoms with E-state index in [4.69, 9.17) is 15.0 Å². The van der Waals surface area contributed by atoms with E-state index in [0.29, 0.717) is 23.3 Å². The van der Waals surface area contributed by atoms with Crippen LogP contribution in [0, 0.1) is 11.3 Å². The molecule has 12 aromatic rings. The molecule has 0 N–H and O–H groups in total. The van der Waals surface area contributed by atoms with Gasteiger partial charge < -0.3 is 4.57 Å². The lowest BCUT2D eigenvalue weighted by molar-refractivity contribution is 0.892. The summed E-state index contributed by atoms with van der Waals surface area (Å²) in [6, 6.07) is 67.3. The van der Waals surface area contributed by atoms with Gasteiger partial charge in [0.2, 0.25) is 11.9 Å². The lowest BCUT2D eigenvalue weighted by Gasteiger charge is -2.17. The molecule has 0 spiro atoms. The molecule has 0 saturated carbocycles. The van der Waals surface area contributed by atoms with Crippen molar-refractivity contribution in [2.24, 2.45) is 0 Å². The Morgan fingerprint density at radius 2 is 0.746 bits per heavy atom. The van der Waals surface area contributed by atoms with Crippen molar-refractivity contribution in [3.8, 4) is 46.2 Å². The summed E-state index contributed by atoms with van der Waals surface area (Å²) in [6.45, 7) is 0. The molecule has 0 aliphatic heterocycles. The minimum Gasteiger partial charge on any atom is -0.309 e. The molecule has 0 fully saturated rings. The van der Waals surface area contributed by atoms with Gasteiger partial charge >= 0.3 is 0 Å². The van der Waals surface area contributed by atoms with Crippen LogP contribution < -0.4 is 0 Å². The third-order valence-electron chi connectivity index (χ3n) is 11.6. The predicted molar refractivity (Wildman–Crippen MR) is 238 cm³/mol. The van der Waals surface area contributed by atoms with Crippen LogP contribution in [0.4, 0.5) is 0 Å². The maximum absolute atomic E-state index is 9.87. The summed E-state index contributed by atoms with van der Waals surface area (Å²) in [7, 11) is 0. The Labute approximate surface area is 337 Å². The fraction of sp³-hybridized carbons (Fsp3) is 0. The summed E-state index contributed by atoms with van der Waals surface area (Å²) in [5.41, 5.74) is 10.4. The maximum Gasteiger partial charge on any atom is 0.240 e. The Hall–Kier alpha value is -8.34. The smallest absolute Gasteiger partial charge is 0.240 e. The molecule has 4 heterocycles. The molecule has 59 heavy (non-hydrogen) atoms. The van der Waals surface area contributed by atoms with Crippen LogP contribution in [0.2, 0.25) is 0 Å². The SMILES string of the molecule is N#Cc1cccc(-c2ccc(-n3c4ccccc4c4ccccc43)c(-c3nc(-n4c5ccccc5c5ccccc54)nc(-n4c5ccccc5c5ccccc54)n3)c2)c1. The number of hydrogen-bond acceptors (Lipinski definition) is 4. The van der Waals surface area contributed by atoms with Crippen LogP contribution >= 0.6 is 0 Å². The van der Waals surface area contributed by atoms with Crippen molar-refractivity contribution >= 4 is 65.4 Å². The van der Waals surface area contributed by atoms with E-state index in [1.807, 2.05) is 24.3 Å². The van der Waals surface area contributed by atoms with E-state index in [0.717, 1.165) is 87.8 Å². The first-order chi connectivity index (χ1) is 29.2. The van der Waals surface area contributed by atoms with Gasteiger partial charge in [0.1, 0.15) is 0 Å². The summed E-state index contributed by atoms with van der Waals surface area (Å²) in [4.78, 5) is 16.4. The Morgan fingerprint density at radius 1 is 0.356 bits per heavy atom. The van der Waals surface area contributed by atoms with Crippen LogP contribution in [0.1, 0.15) is 5.56 Å². The van der Waals surface area contributed by atoms with Crippen LogP contribution in [0.25, 0.3) is 106 Å². The number of hydrogen-bond donors (Lipinski definition) is 0. The van der Waals surface area contributed by atoms with E-state index in [-0.39, 0.29) is 0 Å². The van der Waals surface area contributed by atoms with Crippen molar-refractivity contribution < 1.29 is 0 Å². The van der Waals surface area contributed by atoms with Gasteiger partial charge in [0, 0.05) is 37.9 Å². The summed E-state index contributed by atoms with van der Waals surface area (Å²) in [5.74, 6) is 1.53. The normalized spacial score (nSPS) is 11.7. The summed E-state index contributed by atoms with van der Waals surface area (Å²) < 4.78 is 6.64. The molecule has 0 atom stereocenters. The molecule has 8 aromatic carbocycles. The van der Waals surface area contributed by atoms with E-state index in [9.17, 15) is 5.26 Å². The first kappa shape index (κ1) is 32.9. The molecule has 4 aromatic heterocycles. The minimum absolute atomic E-state index is 0.509. The summed E-state index contributed by atoms with van der Waals surface area (Å²) in [6.07, 6.45) is 0. The van der Waals surface area contributed by atoms with Crippen LogP contribution in [-0.4, -0.2) is 28.7 Å². The summed E-state index contributed by atoms with van der Waals surface area (Å²) >= 11 is 0. The zero-order valence-corrected chi connectivity index (χ0v) is 31.5. The monoisotopic (exact) mass is 753 g/mol. The van der Waals surface area contributed by atoms with Crippen LogP contribution in [0.3, 0.4) is 0 Å². The number of rotatable bonds is 5. The number of benzene rings is 8. The van der Waals surface area contributed by atoms with Gasteiger partial charge in [-0.15, -0.1) is 0 Å². The second-order valence-corrected chi connectivity index (χ2v) is 14.8. The number of nitrogens with zero attached hydrogens (tertiary/aromatic N) is 7. The van der Waals surface area contributed by atoms with Crippen LogP contribution in [-0.2, 0) is 0 Å². The van der Waals surface area contributed by atoms with E-state index in [1.54, 1.807) is 0 Å². The zero-order chi connectivity index (χ0) is 39.0. The quantitative estimate of drug-likeness (QED) is 0.175. The first-order valence-electron chi connectivity index (χ1n) is 19.6. The molecule has 7 heteroatoms. The minimum atomic E-state index is 0.509. The van der Waals surface area contributed by atoms with Crippen molar-refractivity contribution in [3.05, 3.63) is 194 Å². The van der Waals surface area contributed by atoms with Crippen molar-refractivity contribution in [2.75, 3.05) is 0 Å². The fourth-order valence-electron chi connectivity index (χ4n) is 8.99. The highest BCUT2D eigenvalue weighted by Crippen LogP contribution is 2.39. The van der Waals surface area contributed by atoms with Crippen LogP contribution in [0.15, 0.2) is 188 Å². The molecule has 0 saturated heterocycles. The highest BCUT2D eigenvalue weighted by molar-refractivity contribution is 6.11. The lowest BCUT2D eigenvalue weighted by Crippen LogP contribution is -2.11. The largest absolute Gasteiger partial charge is 0.309 e. The molecular formula is C52H31N7. The highest BCUT2D eigenvalue weighted by atomic mass is 15.3. The number of aromatic nitrogens is 6. The highest BCUT2D eigenvalue weighted by Gasteiger charge is 2.23. The molecule has 274 valence electrons. The maximum atomic E-state index is 9.87. The fourth-order valence-corrected chi connectivity index (χ4v) is 8.99. The summed E-state index contributed by atoms with van der Waals surface area (Å²) in [5, 5.41) is 16.7. The van der Waals surface area contributed by atoms with Crippen LogP contribution in [0.5, 0.6) is 0 Å². The van der Waals surface area contributed by atoms with Gasteiger partial charge in [0.05, 0.1) is 50.4 Å². The van der Waals surface area contributed by atoms with Gasteiger partial charge in [-0.25, -0.2) is 0 Å². The molecule has 0 amide bonds. The molecule has 0 unspecified atom stereocenters. The van der Waals surface area contributed by atoms with Gasteiger partial charge in [0.15, 0.2) is 5.82 Å². The average molecular weight is 754 g/mol. The number of fused-ring (bicyclic) bond motifs is 9. The Kier molecular flexibility index (Phi) is 7.16.